The zero-order chi connectivity index (χ0) is 62.9. The van der Waals surface area contributed by atoms with Crippen LogP contribution in [0.3, 0.4) is 0 Å². The monoisotopic (exact) mass is 1400 g/mol. The summed E-state index contributed by atoms with van der Waals surface area (Å²) in [6, 6.07) is 17.0. The first-order valence-electron chi connectivity index (χ1n) is 28.7. The number of methoxy groups -OCH3 is 3. The van der Waals surface area contributed by atoms with Gasteiger partial charge in [-0.25, -0.2) is 44.3 Å². The van der Waals surface area contributed by atoms with E-state index in [2.05, 4.69) is 99.1 Å². The van der Waals surface area contributed by atoms with E-state index in [4.69, 9.17) is 43.4 Å². The van der Waals surface area contributed by atoms with Gasteiger partial charge in [0.15, 0.2) is 5.69 Å². The van der Waals surface area contributed by atoms with Gasteiger partial charge in [0.2, 0.25) is 17.8 Å². The van der Waals surface area contributed by atoms with Gasteiger partial charge < -0.3 is 44.4 Å². The van der Waals surface area contributed by atoms with Crippen LogP contribution < -0.4 is 30.2 Å². The fourth-order valence-corrected chi connectivity index (χ4v) is 11.7. The van der Waals surface area contributed by atoms with Gasteiger partial charge in [-0.05, 0) is 150 Å². The van der Waals surface area contributed by atoms with E-state index in [1.165, 1.54) is 0 Å². The van der Waals surface area contributed by atoms with Crippen LogP contribution in [0, 0.1) is 0 Å². The number of benzene rings is 3. The average molecular weight is 1400 g/mol. The van der Waals surface area contributed by atoms with Crippen LogP contribution in [0.25, 0.3) is 34.2 Å². The van der Waals surface area contributed by atoms with Gasteiger partial charge in [-0.3, -0.25) is 14.5 Å². The minimum atomic E-state index is -0.398. The molecule has 24 nitrogen and oxygen atoms in total. The molecule has 3 aliphatic carbocycles. The van der Waals surface area contributed by atoms with Crippen molar-refractivity contribution in [1.29, 1.82) is 0 Å². The molecule has 6 heterocycles. The van der Waals surface area contributed by atoms with Crippen LogP contribution in [0.2, 0.25) is 0 Å². The van der Waals surface area contributed by atoms with Crippen LogP contribution in [-0.4, -0.2) is 119 Å². The molecule has 27 heteroatoms. The van der Waals surface area contributed by atoms with Gasteiger partial charge in [-0.2, -0.15) is 15.3 Å². The smallest absolute Gasteiger partial charge is 0.359 e. The molecule has 0 saturated heterocycles. The maximum Gasteiger partial charge on any atom is 0.359 e. The zero-order valence-electron chi connectivity index (χ0n) is 50.1. The largest absolute Gasteiger partial charge is 0.495 e. The van der Waals surface area contributed by atoms with Crippen molar-refractivity contribution in [3.05, 3.63) is 137 Å². The molecule has 0 radical (unpaired) electrons. The molecule has 0 saturated carbocycles. The predicted octanol–water partition coefficient (Wildman–Crippen LogP) is 12.2. The van der Waals surface area contributed by atoms with Gasteiger partial charge in [-0.15, -0.1) is 0 Å². The highest BCUT2D eigenvalue weighted by Crippen LogP contribution is 2.39. The number of aromatic nitrogens is 12. The lowest BCUT2D eigenvalue weighted by atomic mass is 10.1. The van der Waals surface area contributed by atoms with Crippen LogP contribution in [0.15, 0.2) is 86.6 Å². The molecular weight excluding hydrogens is 1340 g/mol. The molecule has 0 spiro atoms. The summed E-state index contributed by atoms with van der Waals surface area (Å²) in [6.07, 6.45) is 12.8. The Morgan fingerprint density at radius 1 is 0.506 bits per heavy atom. The lowest BCUT2D eigenvalue weighted by Gasteiger charge is -2.13. The molecule has 6 aromatic heterocycles. The number of anilines is 6. The molecule has 0 bridgehead atoms. The number of nitrogens with zero attached hydrogens (tertiary/aromatic N) is 11. The molecule has 0 unspecified atom stereocenters. The summed E-state index contributed by atoms with van der Waals surface area (Å²) < 4.78 is 37.9. The van der Waals surface area contributed by atoms with E-state index in [0.717, 1.165) is 144 Å². The summed E-state index contributed by atoms with van der Waals surface area (Å²) in [7, 11) is 8.42. The fraction of sp³-hybridized carbons (Fsp3) is 0.323. The Bertz CT molecular complexity index is 4110. The van der Waals surface area contributed by atoms with Crippen molar-refractivity contribution < 1.29 is 42.8 Å². The molecule has 0 fully saturated rings. The standard InChI is InChI=1S/2C21H22BrN5O3.C20H20BrN5O3/c1-4-30-20(28)18-14-7-5-6-12-11-23-21(25-17(12)19(14)27(2)26-18)24-15-9-8-13(22)10-16(15)29-3;1-4-30-20(28)19-14-7-5-6-12-11-23-21(25-17(12)18(14)26-27(19)2)24-15-9-8-13(22)10-16(15)29-3;1-3-29-19(27)18-13-6-4-5-11-10-22-20(24-16(11)17(13)25-26-18)23-14-8-7-12(21)9-15(14)28-2/h2*8-11H,4-7H2,1-3H3,(H,23,24,25);7-10H,3-6H2,1-2H3,(H,25,26)(H,22,23,24). The van der Waals surface area contributed by atoms with E-state index in [-0.39, 0.29) is 5.97 Å². The summed E-state index contributed by atoms with van der Waals surface area (Å²) >= 11 is 10.3. The maximum atomic E-state index is 12.5. The third-order valence-corrected chi connectivity index (χ3v) is 16.2. The van der Waals surface area contributed by atoms with Crippen molar-refractivity contribution in [3.63, 3.8) is 0 Å². The van der Waals surface area contributed by atoms with E-state index in [1.807, 2.05) is 80.2 Å². The van der Waals surface area contributed by atoms with Gasteiger partial charge in [0.1, 0.15) is 40.0 Å². The Morgan fingerprint density at radius 3 is 1.42 bits per heavy atom. The summed E-state index contributed by atoms with van der Waals surface area (Å²) in [6.45, 7) is 6.31. The number of ether oxygens (including phenoxy) is 6. The summed E-state index contributed by atoms with van der Waals surface area (Å²) in [4.78, 5) is 64.8. The Kier molecular flexibility index (Phi) is 20.3. The quantitative estimate of drug-likeness (QED) is 0.0548. The SMILES string of the molecule is CCOC(=O)c1[nH]nc2c1CCCc1cnc(Nc3ccc(Br)cc3OC)nc1-2.CCOC(=O)c1c2c(nn1C)-c1nc(Nc3ccc(Br)cc3OC)ncc1CCC2.CCOC(=O)c1nn(C)c2c1CCCc1cnc(Nc3ccc(Br)cc3OC)nc1-2. The highest BCUT2D eigenvalue weighted by Gasteiger charge is 2.31. The number of rotatable bonds is 15. The second kappa shape index (κ2) is 28.6. The number of aromatic amines is 1. The van der Waals surface area contributed by atoms with E-state index in [9.17, 15) is 14.4 Å². The molecule has 0 aliphatic heterocycles. The van der Waals surface area contributed by atoms with Crippen LogP contribution in [0.5, 0.6) is 17.2 Å². The number of esters is 3. The molecule has 3 aromatic carbocycles. The number of halogens is 3. The van der Waals surface area contributed by atoms with Gasteiger partial charge in [-0.1, -0.05) is 47.8 Å². The molecular formula is C62H64Br3N15O9. The lowest BCUT2D eigenvalue weighted by Crippen LogP contribution is -2.12. The van der Waals surface area contributed by atoms with E-state index < -0.39 is 11.9 Å². The van der Waals surface area contributed by atoms with Crippen molar-refractivity contribution in [1.82, 2.24) is 59.7 Å². The molecule has 4 N–H and O–H groups in total. The number of fused-ring (bicyclic) bond motifs is 9. The van der Waals surface area contributed by atoms with Gasteiger partial charge >= 0.3 is 17.9 Å². The van der Waals surface area contributed by atoms with Gasteiger partial charge in [0, 0.05) is 62.8 Å². The topological polar surface area (TPSA) is 284 Å². The van der Waals surface area contributed by atoms with E-state index in [0.29, 0.717) is 83.4 Å². The molecule has 3 aliphatic rings. The third-order valence-electron chi connectivity index (χ3n) is 14.7. The first-order chi connectivity index (χ1) is 43.1. The second-order valence-corrected chi connectivity index (χ2v) is 23.1. The van der Waals surface area contributed by atoms with Crippen LogP contribution in [0.1, 0.15) is 105 Å². The summed E-state index contributed by atoms with van der Waals surface area (Å²) in [5.74, 6) is 2.18. The number of aryl methyl sites for hydroxylation is 5. The maximum absolute atomic E-state index is 12.5. The number of carbonyl (C=O) groups is 3. The van der Waals surface area contributed by atoms with E-state index in [1.54, 1.807) is 58.5 Å². The molecule has 12 rings (SSSR count). The molecule has 462 valence electrons. The highest BCUT2D eigenvalue weighted by molar-refractivity contribution is 9.11. The van der Waals surface area contributed by atoms with Crippen molar-refractivity contribution in [2.24, 2.45) is 14.1 Å². The van der Waals surface area contributed by atoms with Gasteiger partial charge in [0.05, 0.1) is 81.0 Å². The van der Waals surface area contributed by atoms with Crippen LogP contribution in [0.4, 0.5) is 34.9 Å². The number of carbonyl (C=O) groups excluding carboxylic acids is 3. The number of hydrogen-bond donors (Lipinski definition) is 4. The lowest BCUT2D eigenvalue weighted by molar-refractivity contribution is 0.0504. The molecule has 89 heavy (non-hydrogen) atoms. The Hall–Kier alpha value is -8.82. The number of nitrogens with one attached hydrogen (secondary N) is 4. The number of hydrogen-bond acceptors (Lipinski definition) is 21. The van der Waals surface area contributed by atoms with Crippen LogP contribution >= 0.6 is 47.8 Å². The first-order valence-corrected chi connectivity index (χ1v) is 31.1. The van der Waals surface area contributed by atoms with Crippen molar-refractivity contribution in [2.45, 2.75) is 78.6 Å². The van der Waals surface area contributed by atoms with Crippen molar-refractivity contribution in [3.8, 4) is 51.4 Å². The summed E-state index contributed by atoms with van der Waals surface area (Å²) in [5, 5.41) is 25.9. The summed E-state index contributed by atoms with van der Waals surface area (Å²) in [5.41, 5.74) is 13.6. The van der Waals surface area contributed by atoms with Crippen molar-refractivity contribution in [2.75, 3.05) is 57.1 Å². The third kappa shape index (κ3) is 14.1. The first kappa shape index (κ1) is 63.2. The molecule has 9 aromatic rings. The highest BCUT2D eigenvalue weighted by atomic mass is 79.9. The molecule has 0 amide bonds. The number of H-pyrrole nitrogens is 1. The Morgan fingerprint density at radius 2 is 0.933 bits per heavy atom. The minimum Gasteiger partial charge on any atom is -0.495 e. The minimum absolute atomic E-state index is 0.312. The molecule has 0 atom stereocenters. The van der Waals surface area contributed by atoms with E-state index >= 15 is 0 Å². The van der Waals surface area contributed by atoms with Crippen molar-refractivity contribution >= 4 is 101 Å². The average Bonchev–Trinajstić information content (AvgIpc) is 2.34. The second-order valence-electron chi connectivity index (χ2n) is 20.4. The Balaban J connectivity index is 0.000000147. The fourth-order valence-electron chi connectivity index (χ4n) is 10.7. The van der Waals surface area contributed by atoms with Crippen LogP contribution in [-0.2, 0) is 66.8 Å². The van der Waals surface area contributed by atoms with Gasteiger partial charge in [0.25, 0.3) is 0 Å². The normalized spacial score (nSPS) is 12.5. The zero-order valence-corrected chi connectivity index (χ0v) is 54.9. The predicted molar refractivity (Wildman–Crippen MR) is 344 cm³/mol. The Labute approximate surface area is 538 Å².